The summed E-state index contributed by atoms with van der Waals surface area (Å²) in [6.07, 6.45) is 2.08. The third-order valence-corrected chi connectivity index (χ3v) is 1.89. The maximum atomic E-state index is 11.1. The number of rotatable bonds is 7. The standard InChI is InChI=1S/C10H18O4/c1-3-5-6-10(13)14-8(4-2)7-9(11)12/h8H,3-7H2,1-2H3,(H,11,12)/t8-/m0/s1. The highest BCUT2D eigenvalue weighted by Gasteiger charge is 2.15. The summed E-state index contributed by atoms with van der Waals surface area (Å²) in [5.41, 5.74) is 0. The zero-order valence-electron chi connectivity index (χ0n) is 8.78. The van der Waals surface area contributed by atoms with E-state index in [0.717, 1.165) is 12.8 Å². The molecule has 0 saturated carbocycles. The van der Waals surface area contributed by atoms with Crippen LogP contribution >= 0.6 is 0 Å². The van der Waals surface area contributed by atoms with E-state index >= 15 is 0 Å². The van der Waals surface area contributed by atoms with Gasteiger partial charge in [0.15, 0.2) is 0 Å². The summed E-state index contributed by atoms with van der Waals surface area (Å²) in [5.74, 6) is -1.22. The second kappa shape index (κ2) is 7.35. The number of ether oxygens (including phenoxy) is 1. The molecule has 0 aliphatic carbocycles. The smallest absolute Gasteiger partial charge is 0.307 e. The van der Waals surface area contributed by atoms with Gasteiger partial charge in [-0.25, -0.2) is 0 Å². The number of carboxylic acid groups (broad SMARTS) is 1. The summed E-state index contributed by atoms with van der Waals surface area (Å²) in [6, 6.07) is 0. The molecule has 0 radical (unpaired) electrons. The molecule has 82 valence electrons. The van der Waals surface area contributed by atoms with Crippen LogP contribution in [0.3, 0.4) is 0 Å². The number of carboxylic acids is 1. The van der Waals surface area contributed by atoms with E-state index < -0.39 is 12.1 Å². The number of carbonyl (C=O) groups is 2. The van der Waals surface area contributed by atoms with Crippen molar-refractivity contribution >= 4 is 11.9 Å². The lowest BCUT2D eigenvalue weighted by atomic mass is 10.2. The molecule has 0 aromatic rings. The Morgan fingerprint density at radius 1 is 1.36 bits per heavy atom. The molecule has 0 saturated heterocycles. The molecular formula is C10H18O4. The van der Waals surface area contributed by atoms with Crippen LogP contribution in [0.2, 0.25) is 0 Å². The van der Waals surface area contributed by atoms with E-state index in [2.05, 4.69) is 0 Å². The van der Waals surface area contributed by atoms with Crippen LogP contribution in [0, 0.1) is 0 Å². The van der Waals surface area contributed by atoms with Gasteiger partial charge in [-0.05, 0) is 12.8 Å². The zero-order chi connectivity index (χ0) is 11.0. The molecule has 0 aromatic heterocycles. The molecule has 0 aliphatic heterocycles. The molecule has 0 fully saturated rings. The summed E-state index contributed by atoms with van der Waals surface area (Å²) < 4.78 is 4.99. The summed E-state index contributed by atoms with van der Waals surface area (Å²) in [5, 5.41) is 8.51. The second-order valence-electron chi connectivity index (χ2n) is 3.22. The molecular weight excluding hydrogens is 184 g/mol. The van der Waals surface area contributed by atoms with E-state index in [1.807, 2.05) is 6.92 Å². The fourth-order valence-electron chi connectivity index (χ4n) is 1.03. The maximum Gasteiger partial charge on any atom is 0.307 e. The van der Waals surface area contributed by atoms with Crippen molar-refractivity contribution in [3.05, 3.63) is 0 Å². The predicted octanol–water partition coefficient (Wildman–Crippen LogP) is 1.97. The molecule has 0 amide bonds. The Morgan fingerprint density at radius 3 is 2.43 bits per heavy atom. The highest BCUT2D eigenvalue weighted by Crippen LogP contribution is 2.06. The molecule has 4 heteroatoms. The van der Waals surface area contributed by atoms with E-state index in [4.69, 9.17) is 9.84 Å². The van der Waals surface area contributed by atoms with Crippen LogP contribution < -0.4 is 0 Å². The minimum Gasteiger partial charge on any atom is -0.481 e. The van der Waals surface area contributed by atoms with E-state index in [9.17, 15) is 9.59 Å². The van der Waals surface area contributed by atoms with Crippen molar-refractivity contribution in [3.63, 3.8) is 0 Å². The lowest BCUT2D eigenvalue weighted by Crippen LogP contribution is -2.20. The Hall–Kier alpha value is -1.06. The van der Waals surface area contributed by atoms with Gasteiger partial charge in [-0.2, -0.15) is 0 Å². The van der Waals surface area contributed by atoms with Gasteiger partial charge in [0.05, 0.1) is 6.42 Å². The van der Waals surface area contributed by atoms with E-state index in [0.29, 0.717) is 12.8 Å². The fourth-order valence-corrected chi connectivity index (χ4v) is 1.03. The lowest BCUT2D eigenvalue weighted by Gasteiger charge is -2.13. The monoisotopic (exact) mass is 202 g/mol. The Balaban J connectivity index is 3.80. The van der Waals surface area contributed by atoms with Crippen molar-refractivity contribution in [2.75, 3.05) is 0 Å². The Labute approximate surface area is 84.3 Å². The van der Waals surface area contributed by atoms with Crippen molar-refractivity contribution < 1.29 is 19.4 Å². The zero-order valence-corrected chi connectivity index (χ0v) is 8.78. The van der Waals surface area contributed by atoms with Crippen molar-refractivity contribution in [2.24, 2.45) is 0 Å². The molecule has 0 spiro atoms. The molecule has 1 N–H and O–H groups in total. The molecule has 0 rings (SSSR count). The van der Waals surface area contributed by atoms with E-state index in [1.165, 1.54) is 0 Å². The van der Waals surface area contributed by atoms with Gasteiger partial charge in [-0.3, -0.25) is 9.59 Å². The van der Waals surface area contributed by atoms with Crippen LogP contribution in [0.5, 0.6) is 0 Å². The van der Waals surface area contributed by atoms with Gasteiger partial charge in [0, 0.05) is 6.42 Å². The quantitative estimate of drug-likeness (QED) is 0.641. The number of esters is 1. The third kappa shape index (κ3) is 6.46. The maximum absolute atomic E-state index is 11.1. The van der Waals surface area contributed by atoms with E-state index in [1.54, 1.807) is 6.92 Å². The minimum atomic E-state index is -0.930. The fraction of sp³-hybridized carbons (Fsp3) is 0.800. The van der Waals surface area contributed by atoms with Crippen LogP contribution in [0.15, 0.2) is 0 Å². The summed E-state index contributed by atoms with van der Waals surface area (Å²) in [7, 11) is 0. The summed E-state index contributed by atoms with van der Waals surface area (Å²) in [6.45, 7) is 3.79. The third-order valence-electron chi connectivity index (χ3n) is 1.89. The molecule has 1 atom stereocenters. The predicted molar refractivity (Wildman–Crippen MR) is 51.9 cm³/mol. The molecule has 0 bridgehead atoms. The normalized spacial score (nSPS) is 12.1. The Kier molecular flexibility index (Phi) is 6.80. The van der Waals surface area contributed by atoms with E-state index in [-0.39, 0.29) is 12.4 Å². The van der Waals surface area contributed by atoms with Gasteiger partial charge in [0.25, 0.3) is 0 Å². The molecule has 0 aromatic carbocycles. The van der Waals surface area contributed by atoms with Gasteiger partial charge in [-0.1, -0.05) is 20.3 Å². The van der Waals surface area contributed by atoms with Crippen molar-refractivity contribution in [1.82, 2.24) is 0 Å². The highest BCUT2D eigenvalue weighted by atomic mass is 16.5. The van der Waals surface area contributed by atoms with Crippen LogP contribution in [-0.4, -0.2) is 23.1 Å². The van der Waals surface area contributed by atoms with Gasteiger partial charge >= 0.3 is 11.9 Å². The van der Waals surface area contributed by atoms with Crippen LogP contribution in [0.1, 0.15) is 46.0 Å². The highest BCUT2D eigenvalue weighted by molar-refractivity contribution is 5.71. The second-order valence-corrected chi connectivity index (χ2v) is 3.22. The first-order valence-electron chi connectivity index (χ1n) is 5.01. The number of aliphatic carboxylic acids is 1. The topological polar surface area (TPSA) is 63.6 Å². The van der Waals surface area contributed by atoms with Gasteiger partial charge < -0.3 is 9.84 Å². The van der Waals surface area contributed by atoms with Crippen LogP contribution in [0.25, 0.3) is 0 Å². The summed E-state index contributed by atoms with van der Waals surface area (Å²) >= 11 is 0. The lowest BCUT2D eigenvalue weighted by molar-refractivity contribution is -0.153. The number of hydrogen-bond donors (Lipinski definition) is 1. The first-order valence-corrected chi connectivity index (χ1v) is 5.01. The Morgan fingerprint density at radius 2 is 2.00 bits per heavy atom. The summed E-state index contributed by atoms with van der Waals surface area (Å²) in [4.78, 5) is 21.5. The average molecular weight is 202 g/mol. The average Bonchev–Trinajstić information content (AvgIpc) is 2.12. The van der Waals surface area contributed by atoms with Crippen molar-refractivity contribution in [1.29, 1.82) is 0 Å². The number of carbonyl (C=O) groups excluding carboxylic acids is 1. The van der Waals surface area contributed by atoms with Gasteiger partial charge in [-0.15, -0.1) is 0 Å². The molecule has 0 unspecified atom stereocenters. The number of unbranched alkanes of at least 4 members (excludes halogenated alkanes) is 1. The Bertz CT molecular complexity index is 189. The SMILES string of the molecule is CCCCC(=O)O[C@@H](CC)CC(=O)O. The molecule has 14 heavy (non-hydrogen) atoms. The van der Waals surface area contributed by atoms with Gasteiger partial charge in [0.1, 0.15) is 6.10 Å². The molecule has 0 aliphatic rings. The van der Waals surface area contributed by atoms with Crippen LogP contribution in [-0.2, 0) is 14.3 Å². The van der Waals surface area contributed by atoms with Crippen LogP contribution in [0.4, 0.5) is 0 Å². The molecule has 0 heterocycles. The van der Waals surface area contributed by atoms with Crippen molar-refractivity contribution in [3.8, 4) is 0 Å². The van der Waals surface area contributed by atoms with Gasteiger partial charge in [0.2, 0.25) is 0 Å². The molecule has 4 nitrogen and oxygen atoms in total. The largest absolute Gasteiger partial charge is 0.481 e. The number of hydrogen-bond acceptors (Lipinski definition) is 3. The first kappa shape index (κ1) is 12.9. The minimum absolute atomic E-state index is 0.103. The van der Waals surface area contributed by atoms with Crippen molar-refractivity contribution in [2.45, 2.75) is 52.1 Å². The first-order chi connectivity index (χ1) is 6.60.